The molecule has 2 rings (SSSR count). The third-order valence-corrected chi connectivity index (χ3v) is 3.93. The van der Waals surface area contributed by atoms with Gasteiger partial charge in [0.1, 0.15) is 0 Å². The smallest absolute Gasteiger partial charge is 0.319 e. The van der Waals surface area contributed by atoms with Gasteiger partial charge in [0.15, 0.2) is 0 Å². The molecule has 0 aromatic heterocycles. The van der Waals surface area contributed by atoms with Gasteiger partial charge in [0.25, 0.3) is 0 Å². The first-order valence-corrected chi connectivity index (χ1v) is 7.65. The highest BCUT2D eigenvalue weighted by molar-refractivity contribution is 5.89. The lowest BCUT2D eigenvalue weighted by atomic mass is 10.0. The van der Waals surface area contributed by atoms with E-state index in [0.717, 1.165) is 12.1 Å². The predicted molar refractivity (Wildman–Crippen MR) is 92.4 cm³/mol. The first-order chi connectivity index (χ1) is 10.5. The Labute approximate surface area is 132 Å². The van der Waals surface area contributed by atoms with Crippen molar-refractivity contribution < 1.29 is 4.79 Å². The number of hydrogen-bond donors (Lipinski definition) is 2. The van der Waals surface area contributed by atoms with Crippen molar-refractivity contribution in [2.24, 2.45) is 0 Å². The highest BCUT2D eigenvalue weighted by Gasteiger charge is 2.09. The zero-order valence-electron chi connectivity index (χ0n) is 13.7. The van der Waals surface area contributed by atoms with Crippen LogP contribution in [-0.4, -0.2) is 12.1 Å². The topological polar surface area (TPSA) is 41.1 Å². The molecule has 22 heavy (non-hydrogen) atoms. The van der Waals surface area contributed by atoms with Crippen LogP contribution in [0.3, 0.4) is 0 Å². The van der Waals surface area contributed by atoms with Crippen molar-refractivity contribution in [2.45, 2.75) is 40.2 Å². The van der Waals surface area contributed by atoms with E-state index >= 15 is 0 Å². The van der Waals surface area contributed by atoms with Gasteiger partial charge in [-0.15, -0.1) is 0 Å². The number of amides is 2. The molecule has 2 aromatic carbocycles. The monoisotopic (exact) mass is 296 g/mol. The van der Waals surface area contributed by atoms with Crippen LogP contribution in [0.4, 0.5) is 10.5 Å². The number of carbonyl (C=O) groups is 1. The van der Waals surface area contributed by atoms with E-state index in [-0.39, 0.29) is 12.1 Å². The Bertz CT molecular complexity index is 664. The van der Waals surface area contributed by atoms with Crippen LogP contribution in [0.5, 0.6) is 0 Å². The molecule has 3 heteroatoms. The van der Waals surface area contributed by atoms with Gasteiger partial charge in [0.05, 0.1) is 0 Å². The van der Waals surface area contributed by atoms with Crippen molar-refractivity contribution in [3.05, 3.63) is 64.7 Å². The molecule has 3 nitrogen and oxygen atoms in total. The summed E-state index contributed by atoms with van der Waals surface area (Å²) >= 11 is 0. The Morgan fingerprint density at radius 3 is 2.41 bits per heavy atom. The predicted octanol–water partition coefficient (Wildman–Crippen LogP) is 4.36. The highest BCUT2D eigenvalue weighted by atomic mass is 16.2. The standard InChI is InChI=1S/C19H24N2O/c1-13-9-10-18(11-15(13)3)21-19(22)20-16(4)12-17-8-6-5-7-14(17)2/h5-11,16H,12H2,1-4H3,(H2,20,21,22). The number of urea groups is 1. The van der Waals surface area contributed by atoms with Gasteiger partial charge in [-0.2, -0.15) is 0 Å². The SMILES string of the molecule is Cc1ccc(NC(=O)NC(C)Cc2ccccc2C)cc1C. The lowest BCUT2D eigenvalue weighted by Crippen LogP contribution is -2.37. The molecule has 1 atom stereocenters. The van der Waals surface area contributed by atoms with Crippen molar-refractivity contribution >= 4 is 11.7 Å². The second-order valence-electron chi connectivity index (χ2n) is 5.93. The maximum atomic E-state index is 12.1. The van der Waals surface area contributed by atoms with Gasteiger partial charge in [0, 0.05) is 11.7 Å². The Kier molecular flexibility index (Phi) is 5.21. The van der Waals surface area contributed by atoms with Crippen LogP contribution in [0.25, 0.3) is 0 Å². The van der Waals surface area contributed by atoms with E-state index in [1.807, 2.05) is 44.2 Å². The maximum absolute atomic E-state index is 12.1. The van der Waals surface area contributed by atoms with Crippen LogP contribution >= 0.6 is 0 Å². The largest absolute Gasteiger partial charge is 0.335 e. The van der Waals surface area contributed by atoms with Crippen molar-refractivity contribution in [3.8, 4) is 0 Å². The molecule has 0 saturated carbocycles. The Morgan fingerprint density at radius 1 is 1.00 bits per heavy atom. The van der Waals surface area contributed by atoms with E-state index in [1.165, 1.54) is 22.3 Å². The Hall–Kier alpha value is -2.29. The summed E-state index contributed by atoms with van der Waals surface area (Å²) < 4.78 is 0. The number of rotatable bonds is 4. The fourth-order valence-electron chi connectivity index (χ4n) is 2.43. The molecule has 116 valence electrons. The van der Waals surface area contributed by atoms with Gasteiger partial charge in [-0.3, -0.25) is 0 Å². The molecule has 0 radical (unpaired) electrons. The van der Waals surface area contributed by atoms with Crippen LogP contribution in [0, 0.1) is 20.8 Å². The number of nitrogens with one attached hydrogen (secondary N) is 2. The summed E-state index contributed by atoms with van der Waals surface area (Å²) in [6, 6.07) is 14.1. The molecule has 0 saturated heterocycles. The number of carbonyl (C=O) groups excluding carboxylic acids is 1. The van der Waals surface area contributed by atoms with E-state index < -0.39 is 0 Å². The zero-order chi connectivity index (χ0) is 16.1. The minimum absolute atomic E-state index is 0.0765. The van der Waals surface area contributed by atoms with Crippen LogP contribution < -0.4 is 10.6 Å². The summed E-state index contributed by atoms with van der Waals surface area (Å²) in [4.78, 5) is 12.1. The van der Waals surface area contributed by atoms with E-state index in [4.69, 9.17) is 0 Å². The average Bonchev–Trinajstić information content (AvgIpc) is 2.45. The minimum atomic E-state index is -0.163. The van der Waals surface area contributed by atoms with E-state index in [0.29, 0.717) is 0 Å². The molecule has 2 aromatic rings. The quantitative estimate of drug-likeness (QED) is 0.864. The van der Waals surface area contributed by atoms with Crippen LogP contribution in [0.2, 0.25) is 0 Å². The molecule has 0 bridgehead atoms. The van der Waals surface area contributed by atoms with Gasteiger partial charge in [-0.1, -0.05) is 30.3 Å². The second-order valence-corrected chi connectivity index (χ2v) is 5.93. The van der Waals surface area contributed by atoms with Crippen LogP contribution in [0.15, 0.2) is 42.5 Å². The lowest BCUT2D eigenvalue weighted by molar-refractivity contribution is 0.249. The Balaban J connectivity index is 1.91. The third kappa shape index (κ3) is 4.35. The summed E-state index contributed by atoms with van der Waals surface area (Å²) in [5.74, 6) is 0. The van der Waals surface area contributed by atoms with Gasteiger partial charge < -0.3 is 10.6 Å². The van der Waals surface area contributed by atoms with Gasteiger partial charge in [-0.05, 0) is 68.5 Å². The number of aryl methyl sites for hydroxylation is 3. The van der Waals surface area contributed by atoms with Gasteiger partial charge >= 0.3 is 6.03 Å². The van der Waals surface area contributed by atoms with E-state index in [9.17, 15) is 4.79 Å². The number of hydrogen-bond acceptors (Lipinski definition) is 1. The molecule has 0 aliphatic heterocycles. The molecule has 0 aliphatic rings. The normalized spacial score (nSPS) is 11.8. The molecule has 1 unspecified atom stereocenters. The molecular weight excluding hydrogens is 272 g/mol. The van der Waals surface area contributed by atoms with E-state index in [2.05, 4.69) is 36.6 Å². The summed E-state index contributed by atoms with van der Waals surface area (Å²) in [6.45, 7) is 8.21. The summed E-state index contributed by atoms with van der Waals surface area (Å²) in [5, 5.41) is 5.88. The van der Waals surface area contributed by atoms with E-state index in [1.54, 1.807) is 0 Å². The van der Waals surface area contributed by atoms with Crippen molar-refractivity contribution in [1.29, 1.82) is 0 Å². The molecule has 2 N–H and O–H groups in total. The number of benzene rings is 2. The fourth-order valence-corrected chi connectivity index (χ4v) is 2.43. The summed E-state index contributed by atoms with van der Waals surface area (Å²) in [7, 11) is 0. The molecule has 0 heterocycles. The molecule has 0 spiro atoms. The summed E-state index contributed by atoms with van der Waals surface area (Å²) in [6.07, 6.45) is 0.826. The third-order valence-electron chi connectivity index (χ3n) is 3.93. The van der Waals surface area contributed by atoms with Crippen molar-refractivity contribution in [1.82, 2.24) is 5.32 Å². The Morgan fingerprint density at radius 2 is 1.73 bits per heavy atom. The lowest BCUT2D eigenvalue weighted by Gasteiger charge is -2.16. The molecule has 2 amide bonds. The maximum Gasteiger partial charge on any atom is 0.319 e. The van der Waals surface area contributed by atoms with Gasteiger partial charge in [0.2, 0.25) is 0 Å². The first-order valence-electron chi connectivity index (χ1n) is 7.65. The molecule has 0 fully saturated rings. The average molecular weight is 296 g/mol. The molecule has 0 aliphatic carbocycles. The van der Waals surface area contributed by atoms with Crippen molar-refractivity contribution in [2.75, 3.05) is 5.32 Å². The number of anilines is 1. The highest BCUT2D eigenvalue weighted by Crippen LogP contribution is 2.14. The van der Waals surface area contributed by atoms with Crippen LogP contribution in [0.1, 0.15) is 29.2 Å². The zero-order valence-corrected chi connectivity index (χ0v) is 13.7. The first kappa shape index (κ1) is 16.1. The van der Waals surface area contributed by atoms with Gasteiger partial charge in [-0.25, -0.2) is 4.79 Å². The second kappa shape index (κ2) is 7.12. The fraction of sp³-hybridized carbons (Fsp3) is 0.316. The molecular formula is C19H24N2O. The summed E-state index contributed by atoms with van der Waals surface area (Å²) in [5.41, 5.74) is 5.74. The van der Waals surface area contributed by atoms with Crippen molar-refractivity contribution in [3.63, 3.8) is 0 Å². The minimum Gasteiger partial charge on any atom is -0.335 e. The van der Waals surface area contributed by atoms with Crippen LogP contribution in [-0.2, 0) is 6.42 Å².